The second kappa shape index (κ2) is 20.7. The molecule has 5 atom stereocenters. The smallest absolute Gasteiger partial charge is 0.326 e. The Balaban J connectivity index is 5.55. The zero-order valence-electron chi connectivity index (χ0n) is 24.3. The van der Waals surface area contributed by atoms with Gasteiger partial charge >= 0.3 is 5.97 Å². The molecular weight excluding hydrogens is 552 g/mol. The molecule has 42 heavy (non-hydrogen) atoms. The SMILES string of the molecule is CC(N)C(=O)NC(CCCCN)C(=O)NC(CCCN=C(N)N)C(=O)NC(C)C(=O)NC(CCCN=C(N)N)C(=O)O. The molecule has 0 rings (SSSR count). The average molecular weight is 601 g/mol. The highest BCUT2D eigenvalue weighted by Gasteiger charge is 2.29. The van der Waals surface area contributed by atoms with Gasteiger partial charge in [0.2, 0.25) is 23.6 Å². The number of carbonyl (C=O) groups excluding carboxylic acids is 4. The van der Waals surface area contributed by atoms with Crippen molar-refractivity contribution in [1.82, 2.24) is 21.3 Å². The fraction of sp³-hybridized carbons (Fsp3) is 0.708. The molecule has 0 radical (unpaired) electrons. The number of nitrogens with one attached hydrogen (secondary N) is 4. The highest BCUT2D eigenvalue weighted by Crippen LogP contribution is 2.06. The van der Waals surface area contributed by atoms with Gasteiger partial charge in [-0.3, -0.25) is 29.2 Å². The summed E-state index contributed by atoms with van der Waals surface area (Å²) >= 11 is 0. The summed E-state index contributed by atoms with van der Waals surface area (Å²) in [5.41, 5.74) is 32.4. The molecule has 0 spiro atoms. The maximum atomic E-state index is 13.2. The van der Waals surface area contributed by atoms with E-state index in [2.05, 4.69) is 31.3 Å². The summed E-state index contributed by atoms with van der Waals surface area (Å²) in [5, 5.41) is 19.5. The number of amides is 4. The minimum atomic E-state index is -1.27. The highest BCUT2D eigenvalue weighted by atomic mass is 16.4. The zero-order chi connectivity index (χ0) is 32.2. The fourth-order valence-corrected chi connectivity index (χ4v) is 3.55. The van der Waals surface area contributed by atoms with E-state index in [4.69, 9.17) is 34.4 Å². The summed E-state index contributed by atoms with van der Waals surface area (Å²) in [6, 6.07) is -5.40. The lowest BCUT2D eigenvalue weighted by molar-refractivity contribution is -0.142. The van der Waals surface area contributed by atoms with Gasteiger partial charge in [0.15, 0.2) is 11.9 Å². The van der Waals surface area contributed by atoms with Crippen LogP contribution < -0.4 is 55.7 Å². The number of rotatable bonds is 21. The van der Waals surface area contributed by atoms with Crippen LogP contribution in [0.2, 0.25) is 0 Å². The molecule has 0 aromatic heterocycles. The van der Waals surface area contributed by atoms with Gasteiger partial charge in [-0.2, -0.15) is 0 Å². The minimum Gasteiger partial charge on any atom is -0.480 e. The van der Waals surface area contributed by atoms with Crippen LogP contribution in [0.25, 0.3) is 0 Å². The molecule has 0 heterocycles. The van der Waals surface area contributed by atoms with Crippen LogP contribution in [0.3, 0.4) is 0 Å². The molecule has 5 unspecified atom stereocenters. The van der Waals surface area contributed by atoms with Gasteiger partial charge in [-0.1, -0.05) is 0 Å². The number of carboxylic acids is 1. The first-order valence-corrected chi connectivity index (χ1v) is 13.7. The summed E-state index contributed by atoms with van der Waals surface area (Å²) in [4.78, 5) is 70.4. The second-order valence-corrected chi connectivity index (χ2v) is 9.72. The van der Waals surface area contributed by atoms with E-state index >= 15 is 0 Å². The van der Waals surface area contributed by atoms with Crippen molar-refractivity contribution >= 4 is 41.5 Å². The average Bonchev–Trinajstić information content (AvgIpc) is 2.90. The third-order valence-electron chi connectivity index (χ3n) is 5.88. The lowest BCUT2D eigenvalue weighted by atomic mass is 10.1. The molecule has 0 aromatic rings. The number of nitrogens with two attached hydrogens (primary N) is 6. The first kappa shape index (κ1) is 37.8. The maximum Gasteiger partial charge on any atom is 0.326 e. The van der Waals surface area contributed by atoms with Crippen LogP contribution in [0.1, 0.15) is 58.8 Å². The molecular formula is C24H48N12O6. The topological polar surface area (TPSA) is 335 Å². The molecule has 0 aliphatic carbocycles. The normalized spacial score (nSPS) is 14.2. The molecule has 17 N–H and O–H groups in total. The first-order valence-electron chi connectivity index (χ1n) is 13.7. The van der Waals surface area contributed by atoms with E-state index in [0.29, 0.717) is 19.4 Å². The van der Waals surface area contributed by atoms with Crippen LogP contribution in [0.4, 0.5) is 0 Å². The molecule has 18 nitrogen and oxygen atoms in total. The van der Waals surface area contributed by atoms with Crippen LogP contribution in [-0.4, -0.2) is 96.5 Å². The molecule has 0 bridgehead atoms. The van der Waals surface area contributed by atoms with Crippen molar-refractivity contribution in [3.8, 4) is 0 Å². The Morgan fingerprint density at radius 3 is 1.52 bits per heavy atom. The summed E-state index contributed by atoms with van der Waals surface area (Å²) in [7, 11) is 0. The summed E-state index contributed by atoms with van der Waals surface area (Å²) in [5.74, 6) is -4.21. The Hall–Kier alpha value is -4.19. The Morgan fingerprint density at radius 1 is 0.643 bits per heavy atom. The molecule has 0 aliphatic heterocycles. The third-order valence-corrected chi connectivity index (χ3v) is 5.88. The van der Waals surface area contributed by atoms with Gasteiger partial charge in [-0.15, -0.1) is 0 Å². The van der Waals surface area contributed by atoms with Crippen molar-refractivity contribution < 1.29 is 29.1 Å². The molecule has 18 heteroatoms. The van der Waals surface area contributed by atoms with Crippen LogP contribution in [0.5, 0.6) is 0 Å². The Labute approximate surface area is 245 Å². The van der Waals surface area contributed by atoms with Gasteiger partial charge in [0, 0.05) is 13.1 Å². The van der Waals surface area contributed by atoms with Crippen LogP contribution in [0.15, 0.2) is 9.98 Å². The van der Waals surface area contributed by atoms with E-state index in [1.165, 1.54) is 13.8 Å². The molecule has 240 valence electrons. The summed E-state index contributed by atoms with van der Waals surface area (Å²) in [6.45, 7) is 3.56. The lowest BCUT2D eigenvalue weighted by Crippen LogP contribution is -2.57. The molecule has 0 saturated heterocycles. The molecule has 0 aromatic carbocycles. The highest BCUT2D eigenvalue weighted by molar-refractivity contribution is 5.95. The van der Waals surface area contributed by atoms with Crippen molar-refractivity contribution in [2.75, 3.05) is 19.6 Å². The number of nitrogens with zero attached hydrogens (tertiary/aromatic N) is 2. The predicted octanol–water partition coefficient (Wildman–Crippen LogP) is -4.39. The lowest BCUT2D eigenvalue weighted by Gasteiger charge is -2.25. The van der Waals surface area contributed by atoms with Crippen LogP contribution in [0, 0.1) is 0 Å². The maximum absolute atomic E-state index is 13.2. The number of carbonyl (C=O) groups is 5. The number of aliphatic imine (C=N–C) groups is 2. The van der Waals surface area contributed by atoms with E-state index < -0.39 is 59.8 Å². The second-order valence-electron chi connectivity index (χ2n) is 9.72. The largest absolute Gasteiger partial charge is 0.480 e. The van der Waals surface area contributed by atoms with Gasteiger partial charge in [0.25, 0.3) is 0 Å². The predicted molar refractivity (Wildman–Crippen MR) is 157 cm³/mol. The van der Waals surface area contributed by atoms with E-state index in [1.54, 1.807) is 0 Å². The number of aliphatic carboxylic acids is 1. The first-order chi connectivity index (χ1) is 19.7. The summed E-state index contributed by atoms with van der Waals surface area (Å²) < 4.78 is 0. The Bertz CT molecular complexity index is 950. The number of hydrogen-bond acceptors (Lipinski definition) is 9. The van der Waals surface area contributed by atoms with Crippen LogP contribution in [-0.2, 0) is 24.0 Å². The van der Waals surface area contributed by atoms with Gasteiger partial charge in [-0.05, 0) is 65.3 Å². The van der Waals surface area contributed by atoms with Crippen molar-refractivity contribution in [2.45, 2.75) is 89.0 Å². The quantitative estimate of drug-likeness (QED) is 0.0338. The van der Waals surface area contributed by atoms with Crippen molar-refractivity contribution in [3.05, 3.63) is 0 Å². The van der Waals surface area contributed by atoms with Crippen molar-refractivity contribution in [2.24, 2.45) is 44.4 Å². The minimum absolute atomic E-state index is 0.0423. The molecule has 0 aliphatic rings. The third kappa shape index (κ3) is 16.8. The van der Waals surface area contributed by atoms with Gasteiger partial charge in [-0.25, -0.2) is 4.79 Å². The van der Waals surface area contributed by atoms with E-state index in [9.17, 15) is 29.1 Å². The standard InChI is InChI=1S/C24H48N12O6/c1-13(26)18(37)34-15(7-3-4-10-25)21(40)35-16(8-5-11-31-23(27)28)20(39)33-14(2)19(38)36-17(22(41)42)9-6-12-32-24(29)30/h13-17H,3-12,25-26H2,1-2H3,(H,33,39)(H,34,37)(H,35,40)(H,36,38)(H,41,42)(H4,27,28,31)(H4,29,30,32). The number of guanidine groups is 2. The van der Waals surface area contributed by atoms with Crippen molar-refractivity contribution in [3.63, 3.8) is 0 Å². The number of hydrogen-bond donors (Lipinski definition) is 11. The number of unbranched alkanes of at least 4 members (excludes halogenated alkanes) is 1. The van der Waals surface area contributed by atoms with Gasteiger partial charge < -0.3 is 60.8 Å². The van der Waals surface area contributed by atoms with Crippen LogP contribution >= 0.6 is 0 Å². The molecule has 0 saturated carbocycles. The van der Waals surface area contributed by atoms with Gasteiger partial charge in [0.05, 0.1) is 6.04 Å². The molecule has 0 fully saturated rings. The molecule has 4 amide bonds. The van der Waals surface area contributed by atoms with E-state index in [-0.39, 0.29) is 57.1 Å². The Morgan fingerprint density at radius 2 is 1.07 bits per heavy atom. The van der Waals surface area contributed by atoms with E-state index in [1.807, 2.05) is 0 Å². The number of carboxylic acid groups (broad SMARTS) is 1. The zero-order valence-corrected chi connectivity index (χ0v) is 24.3. The van der Waals surface area contributed by atoms with Gasteiger partial charge in [0.1, 0.15) is 24.2 Å². The van der Waals surface area contributed by atoms with E-state index in [0.717, 1.165) is 0 Å². The van der Waals surface area contributed by atoms with Crippen molar-refractivity contribution in [1.29, 1.82) is 0 Å². The Kier molecular flexibility index (Phi) is 18.6. The fourth-order valence-electron chi connectivity index (χ4n) is 3.55. The monoisotopic (exact) mass is 600 g/mol. The summed E-state index contributed by atoms with van der Waals surface area (Å²) in [6.07, 6.45) is 2.09.